The predicted molar refractivity (Wildman–Crippen MR) is 1220 cm³/mol. The third-order valence-electron chi connectivity index (χ3n) is 8.72. The Kier molecular flexibility index (Phi) is 131. The van der Waals surface area contributed by atoms with Gasteiger partial charge in [0.25, 0.3) is 19.1 Å². The first kappa shape index (κ1) is 168. The Bertz CT molecular complexity index is 4280. The normalized spacial score (nSPS) is 16.0. The Labute approximate surface area is 1230 Å². The van der Waals surface area contributed by atoms with Gasteiger partial charge in [-0.2, -0.15) is 0 Å². The Morgan fingerprint density at radius 3 is 0.843 bits per heavy atom. The molecule has 0 aliphatic rings. The molecule has 2 aromatic heterocycles. The van der Waals surface area contributed by atoms with Crippen molar-refractivity contribution in [3.63, 3.8) is 0 Å². The van der Waals surface area contributed by atoms with Gasteiger partial charge in [-0.15, -0.1) is 0 Å². The number of rotatable bonds is 42. The molecular formula is C29H27Br2ClI75N4O8S2-. The molecule has 0 atom stereocenters. The number of ether oxygens (including phenoxy) is 2. The number of nitrogen functional groups attached to an aromatic ring is 1. The molecule has 0 spiro atoms. The minimum absolute atomic E-state index is 0. The van der Waals surface area contributed by atoms with Gasteiger partial charge in [0.05, 0.1) is 25.0 Å². The molecule has 0 aliphatic carbocycles. The van der Waals surface area contributed by atoms with Gasteiger partial charge in [0.2, 0.25) is 0 Å². The monoisotopic (exact) mass is 10300 g/mol. The molecule has 2 heterocycles. The molecule has 0 saturated heterocycles. The number of nitrogens with two attached hydrogens (primary N) is 1. The van der Waals surface area contributed by atoms with E-state index in [-0.39, 0.29) is 34.5 Å². The molecule has 0 bridgehead atoms. The summed E-state index contributed by atoms with van der Waals surface area (Å²) in [6, 6.07) is 23.3. The van der Waals surface area contributed by atoms with Crippen molar-refractivity contribution in [1.82, 2.24) is 10.3 Å². The van der Waals surface area contributed by atoms with Crippen molar-refractivity contribution >= 4 is 1090 Å². The zero-order valence-electron chi connectivity index (χ0n) is 51.6. The molecule has 0 radical (unpaired) electrons. The van der Waals surface area contributed by atoms with Crippen molar-refractivity contribution < 1.29 is 48.6 Å². The molecule has 0 aliphatic heterocycles. The van der Waals surface area contributed by atoms with Crippen LogP contribution in [0.2, 0.25) is 0 Å². The summed E-state index contributed by atoms with van der Waals surface area (Å²) in [4.78, 5) is 0.0277. The van der Waals surface area contributed by atoms with Gasteiger partial charge in [-0.05, 0) is 60.7 Å². The first-order valence-corrected chi connectivity index (χ1v) is 494. The van der Waals surface area contributed by atoms with E-state index in [1.807, 2.05) is 18.2 Å². The van der Waals surface area contributed by atoms with Crippen LogP contribution in [0.25, 0.3) is 21.9 Å². The number of sulfonamides is 1. The molecule has 12 nitrogen and oxygen atoms in total. The minimum Gasteiger partial charge on any atom is -0.380 e. The van der Waals surface area contributed by atoms with E-state index in [1.54, 1.807) is 48.5 Å². The largest absolute Gasteiger partial charge is 0.380 e. The van der Waals surface area contributed by atoms with E-state index in [2.05, 4.69) is 754 Å². The number of anilines is 2. The van der Waals surface area contributed by atoms with Crippen LogP contribution in [0.5, 0.6) is 11.5 Å². The average Bonchev–Trinajstić information content (AvgIpc) is 1.67. The number of methoxy groups -OCH3 is 2. The minimum atomic E-state index is -3.84. The van der Waals surface area contributed by atoms with Gasteiger partial charge in [-0.3, -0.25) is 4.72 Å². The van der Waals surface area contributed by atoms with Gasteiger partial charge in [0, 0.05) is 19.6 Å². The Hall–Kier alpha value is 50.9. The molecule has 3 N–H and O–H groups in total. The number of fused-ring (bicyclic) bond motifs is 2. The van der Waals surface area contributed by atoms with Gasteiger partial charge in [-0.1, -0.05) is 73.9 Å². The molecule has 0 saturated carbocycles. The number of para-hydroxylation sites is 2. The van der Waals surface area contributed by atoms with Gasteiger partial charge >= 0.3 is 1000 Å². The molecule has 92 heteroatoms. The average molecular weight is 10300 g/mol. The van der Waals surface area contributed by atoms with Crippen LogP contribution in [0.15, 0.2) is 113 Å². The van der Waals surface area contributed by atoms with Crippen molar-refractivity contribution in [3.05, 3.63) is 93.9 Å². The number of benzene rings is 4. The fourth-order valence-corrected chi connectivity index (χ4v) is 14500. The second kappa shape index (κ2) is 94.2. The second-order valence-corrected chi connectivity index (χ2v) is 1790. The Morgan fingerprint density at radius 2 is 0.587 bits per heavy atom. The standard InChI is InChI=1S/C14H11BrN2O4S.C7H5BrN2O.C7H7ClO3S.CH4.I75/c1-20-11-4-2-3-5-13(11)22(18,19)17-14-10-7-6-9(15)8-12(10)21-16-14;8-4-1-2-5-6(3-4)11-10-7(5)9;1-11-6-4-2-3-5-7(6)12(8,9)10;;1-39-41(4)43(6)45(8)47(10)49(12)51(14)53(16)55(18)57(20)59(22)61(24)63(26)65(28)67(30)69(32)71(34)73(36)75(38)74(37)72(35)70(33)68(31)66(29)64(27)62(25)60(23)58(21)56(19)54(17)52(15)50(13)48(11)46(9)44(7)42(5)40(2)3/h2-8H,1H3,(H,16,17);1-3H,(H2,9,10);2-5H,1H3;1H4;/q;;;;-1. The number of hydrogen-bond donors (Lipinski definition) is 2. The summed E-state index contributed by atoms with van der Waals surface area (Å²) in [5, 5.41) is 8.82. The summed E-state index contributed by atoms with van der Waals surface area (Å²) >= 11 is 135. The van der Waals surface area contributed by atoms with Gasteiger partial charge in [0.1, 0.15) is 21.3 Å². The quantitative estimate of drug-likeness (QED) is 0.0275. The molecule has 6 rings (SSSR count). The zero-order valence-corrected chi connectivity index (χ0v) is 219. The van der Waals surface area contributed by atoms with Crippen LogP contribution in [-0.2, 0) is 19.1 Å². The molecule has 121 heavy (non-hydrogen) atoms. The van der Waals surface area contributed by atoms with Crippen LogP contribution < -0.4 is 33.2 Å². The third kappa shape index (κ3) is 62.2. The summed E-state index contributed by atoms with van der Waals surface area (Å²) in [6.07, 6.45) is 0. The van der Waals surface area contributed by atoms with Gasteiger partial charge < -0.3 is 24.3 Å². The summed E-state index contributed by atoms with van der Waals surface area (Å²) in [7, 11) is -20.4. The van der Waals surface area contributed by atoms with E-state index >= 15 is 0 Å². The predicted octanol–water partition coefficient (Wildman–Crippen LogP) is 70.4. The maximum Gasteiger partial charge on any atom is 0.174 e. The molecular weight excluding hydrogens is 10300 g/mol. The van der Waals surface area contributed by atoms with Crippen molar-refractivity contribution in [3.8, 4) is 11.5 Å². The van der Waals surface area contributed by atoms with E-state index in [0.717, 1.165) is 14.3 Å². The van der Waals surface area contributed by atoms with E-state index in [4.69, 9.17) is 34.9 Å². The molecule has 0 unspecified atom stereocenters. The fraction of sp³-hybridized carbons (Fsp3) is 0.103. The fourth-order valence-electron chi connectivity index (χ4n) is 4.82. The van der Waals surface area contributed by atoms with Crippen LogP contribution >= 0.6 is 1030 Å². The molecule has 4 aromatic carbocycles. The maximum absolute atomic E-state index is 12.5. The van der Waals surface area contributed by atoms with Gasteiger partial charge in [0.15, 0.2) is 22.8 Å². The van der Waals surface area contributed by atoms with Crippen molar-refractivity contribution in [2.45, 2.75) is 17.2 Å². The smallest absolute Gasteiger partial charge is 0.174 e. The van der Waals surface area contributed by atoms with Crippen LogP contribution in [0, 0.1) is 0 Å². The first-order valence-electron chi connectivity index (χ1n) is 23.0. The van der Waals surface area contributed by atoms with E-state index in [9.17, 15) is 16.8 Å². The summed E-state index contributed by atoms with van der Waals surface area (Å²) in [5.74, 6) is 1.08. The molecule has 0 fully saturated rings. The zero-order chi connectivity index (χ0) is 92.3. The number of hydrogen-bond acceptors (Lipinski definition) is 11. The Morgan fingerprint density at radius 1 is 0.355 bits per heavy atom. The molecule has 770 valence electrons. The SMILES string of the molecule is C.COc1ccccc1S(=O)(=O)Cl.COc1ccccc1S(=O)(=O)Nc1noc2cc(Br)ccc12.I[I-]I(I)I(I)I(I)I(I)I(I)I(I)I(I)I(I)I(I)I(I)I(I)I(I)I(I)I(I)I(I)I(I)I(I)I(I)I(I)I(I)I(I)I(I)I(I)I(I)I(I)I(I)I(I)I(I)I(I)I(I)I(I)I(I)I(I)I(I)I(I)I(I)I.Nc1noc2cc(Br)ccc12. The van der Waals surface area contributed by atoms with Crippen molar-refractivity contribution in [2.75, 3.05) is 24.7 Å². The first-order chi connectivity index (χ1) is 55.5. The number of aromatic nitrogens is 2. The number of nitrogens with one attached hydrogen (secondary N) is 1. The maximum atomic E-state index is 12.5. The summed E-state index contributed by atoms with van der Waals surface area (Å²) in [6.45, 7) is 0. The van der Waals surface area contributed by atoms with Gasteiger partial charge in [-0.25, -0.2) is 16.8 Å². The summed E-state index contributed by atoms with van der Waals surface area (Å²) < 4.78 is 71.0. The van der Waals surface area contributed by atoms with Crippen molar-refractivity contribution in [1.29, 1.82) is 0 Å². The van der Waals surface area contributed by atoms with Crippen LogP contribution in [0.3, 0.4) is 0 Å². The van der Waals surface area contributed by atoms with Crippen LogP contribution in [0.4, 0.5) is 11.6 Å². The molecule has 0 amide bonds. The number of halogens is 78. The topological polar surface area (TPSA) is 177 Å². The van der Waals surface area contributed by atoms with E-state index in [0.29, 0.717) is 35.6 Å². The van der Waals surface area contributed by atoms with Crippen LogP contribution in [0.1, 0.15) is 7.43 Å². The third-order valence-corrected chi connectivity index (χ3v) is 5880. The van der Waals surface area contributed by atoms with E-state index in [1.165, 1.54) is 32.4 Å². The molecule has 6 aromatic rings. The van der Waals surface area contributed by atoms with E-state index < -0.39 is 303 Å². The van der Waals surface area contributed by atoms with Crippen molar-refractivity contribution in [2.24, 2.45) is 0 Å². The summed E-state index contributed by atoms with van der Waals surface area (Å²) in [5.41, 5.74) is 6.69. The van der Waals surface area contributed by atoms with Crippen LogP contribution in [-0.4, -0.2) is 41.4 Å². The Balaban J connectivity index is 0.000000842. The number of nitrogens with zero attached hydrogens (tertiary/aromatic N) is 2. The second-order valence-electron chi connectivity index (χ2n) is 14.6.